The lowest BCUT2D eigenvalue weighted by Crippen LogP contribution is -2.63. The van der Waals surface area contributed by atoms with Gasteiger partial charge in [0.2, 0.25) is 136 Å². The number of amides is 23. The molecule has 0 heterocycles. The largest absolute Gasteiger partial charge is 0.481 e. The summed E-state index contributed by atoms with van der Waals surface area (Å²) in [4.78, 5) is 346. The van der Waals surface area contributed by atoms with Gasteiger partial charge in [0.25, 0.3) is 0 Å². The summed E-state index contributed by atoms with van der Waals surface area (Å²) in [6.07, 6.45) is -5.43. The highest BCUT2D eigenvalue weighted by atomic mass is 16.4. The monoisotopic (exact) mass is 2110 g/mol. The van der Waals surface area contributed by atoms with Gasteiger partial charge >= 0.3 is 17.9 Å². The summed E-state index contributed by atoms with van der Waals surface area (Å²) >= 11 is 0. The molecular weight excluding hydrogens is 1960 g/mol. The smallest absolute Gasteiger partial charge is 0.326 e. The molecule has 0 saturated heterocycles. The van der Waals surface area contributed by atoms with Crippen molar-refractivity contribution in [1.29, 1.82) is 5.41 Å². The molecule has 0 aliphatic rings. The molecule has 60 heteroatoms. The third kappa shape index (κ3) is 50.4. The zero-order valence-corrected chi connectivity index (χ0v) is 85.7. The molecule has 21 atom stereocenters. The number of guanidine groups is 1. The predicted molar refractivity (Wildman–Crippen MR) is 520 cm³/mol. The fourth-order valence-corrected chi connectivity index (χ4v) is 13.6. The van der Waals surface area contributed by atoms with Crippen molar-refractivity contribution in [3.8, 4) is 0 Å². The third-order valence-corrected chi connectivity index (χ3v) is 22.3. The van der Waals surface area contributed by atoms with Crippen LogP contribution >= 0.6 is 0 Å². The molecule has 0 fully saturated rings. The van der Waals surface area contributed by atoms with Crippen molar-refractivity contribution >= 4 is 160 Å². The highest BCUT2D eigenvalue weighted by Gasteiger charge is 2.43. The number of nitrogens with one attached hydrogen (secondary N) is 22. The van der Waals surface area contributed by atoms with E-state index in [2.05, 4.69) is 95.7 Å². The van der Waals surface area contributed by atoms with E-state index in [1.54, 1.807) is 27.7 Å². The number of carboxylic acids is 3. The van der Waals surface area contributed by atoms with Gasteiger partial charge in [-0.15, -0.1) is 0 Å². The molecule has 0 rings (SSSR count). The lowest BCUT2D eigenvalue weighted by Gasteiger charge is -2.30. The second-order valence-corrected chi connectivity index (χ2v) is 37.1. The SMILES string of the molecule is CC[C@H](C)[C@H](NC(=O)[C@H](CCCCN)NC(=O)[C@@H](N)CCCNC(=N)N)C(=O)N[C@H](C(=O)NCC(=O)N[C@H](C(=O)N[C@@H](C)C(=O)N[C@@H](C)C(=O)NCC(=O)N[C@@H](CO)C(=O)N[C@@H](C)C(=O)N[C@@H](CC(=O)O)C(=O)N[C@@H](CO)C(=O)N[C@@H](CC(=O)O)C(=O)N[C@H](C(=O)N[C@H](C(=O)N[C@@H](CC(N)=O)C(=O)N[C@H](C(=O)N[C@@H](CC(N)=O)C(=O)N[C@@H](CCC(N)=O)C(=O)N[C@@H](CC(C)C)C(=O)O)C(C)C)C(C)C)C(C)C)C(C)C)[C@@H](C)O. The van der Waals surface area contributed by atoms with E-state index >= 15 is 0 Å². The average Bonchev–Trinajstić information content (AvgIpc) is 0.842. The Morgan fingerprint density at radius 1 is 0.304 bits per heavy atom. The average molecular weight is 2110 g/mol. The van der Waals surface area contributed by atoms with Crippen LogP contribution in [0.2, 0.25) is 0 Å². The first kappa shape index (κ1) is 133. The molecule has 0 radical (unpaired) electrons. The number of nitrogens with two attached hydrogens (primary N) is 6. The summed E-state index contributed by atoms with van der Waals surface area (Å²) in [5, 5.41) is 116. The molecule has 60 nitrogen and oxygen atoms in total. The van der Waals surface area contributed by atoms with Crippen molar-refractivity contribution in [2.24, 2.45) is 69.9 Å². The van der Waals surface area contributed by atoms with E-state index in [9.17, 15) is 155 Å². The fraction of sp³-hybridized carbons (Fsp3) is 0.693. The number of aliphatic carboxylic acids is 3. The minimum atomic E-state index is -2.22. The van der Waals surface area contributed by atoms with Gasteiger partial charge in [0, 0.05) is 13.0 Å². The molecule has 0 aromatic carbocycles. The van der Waals surface area contributed by atoms with Crippen LogP contribution in [0.4, 0.5) is 0 Å². The first-order valence-electron chi connectivity index (χ1n) is 47.7. The Hall–Kier alpha value is -14.7. The van der Waals surface area contributed by atoms with Gasteiger partial charge in [-0.1, -0.05) is 89.5 Å². The highest BCUT2D eigenvalue weighted by Crippen LogP contribution is 2.17. The van der Waals surface area contributed by atoms with Crippen LogP contribution in [0.15, 0.2) is 0 Å². The van der Waals surface area contributed by atoms with Crippen LogP contribution in [-0.4, -0.2) is 351 Å². The number of hydrogen-bond donors (Lipinski definition) is 34. The van der Waals surface area contributed by atoms with E-state index in [0.29, 0.717) is 25.7 Å². The van der Waals surface area contributed by atoms with Gasteiger partial charge < -0.3 is 177 Å². The second-order valence-electron chi connectivity index (χ2n) is 37.1. The van der Waals surface area contributed by atoms with Crippen molar-refractivity contribution in [2.75, 3.05) is 39.4 Å². The van der Waals surface area contributed by atoms with Gasteiger partial charge in [-0.2, -0.15) is 0 Å². The van der Waals surface area contributed by atoms with Crippen molar-refractivity contribution in [3.63, 3.8) is 0 Å². The van der Waals surface area contributed by atoms with E-state index in [4.69, 9.17) is 39.8 Å². The van der Waals surface area contributed by atoms with Crippen molar-refractivity contribution in [3.05, 3.63) is 0 Å². The minimum absolute atomic E-state index is 0.0687. The minimum Gasteiger partial charge on any atom is -0.481 e. The van der Waals surface area contributed by atoms with Gasteiger partial charge in [0.15, 0.2) is 5.96 Å². The number of rotatable bonds is 71. The van der Waals surface area contributed by atoms with Gasteiger partial charge in [-0.05, 0) is 115 Å². The lowest BCUT2D eigenvalue weighted by atomic mass is 9.96. The van der Waals surface area contributed by atoms with Gasteiger partial charge in [-0.25, -0.2) is 4.79 Å². The number of hydrogen-bond acceptors (Lipinski definition) is 32. The Morgan fingerprint density at radius 3 is 1.05 bits per heavy atom. The molecule has 0 spiro atoms. The summed E-state index contributed by atoms with van der Waals surface area (Å²) in [5.74, 6) is -36.0. The summed E-state index contributed by atoms with van der Waals surface area (Å²) in [6, 6.07) is -32.1. The molecular formula is C88H152N28O32. The number of carboxylic acid groups (broad SMARTS) is 3. The summed E-state index contributed by atoms with van der Waals surface area (Å²) in [6.45, 7) is 18.6. The van der Waals surface area contributed by atoms with Crippen molar-refractivity contribution in [2.45, 2.75) is 315 Å². The van der Waals surface area contributed by atoms with Crippen molar-refractivity contribution in [1.82, 2.24) is 112 Å². The molecule has 148 heavy (non-hydrogen) atoms. The first-order chi connectivity index (χ1) is 68.8. The summed E-state index contributed by atoms with van der Waals surface area (Å²) in [7, 11) is 0. The predicted octanol–water partition coefficient (Wildman–Crippen LogP) is -14.1. The zero-order valence-electron chi connectivity index (χ0n) is 85.7. The number of unbranched alkanes of at least 4 members (excludes halogenated alkanes) is 1. The van der Waals surface area contributed by atoms with Gasteiger partial charge in [0.1, 0.15) is 109 Å². The van der Waals surface area contributed by atoms with Gasteiger partial charge in [-0.3, -0.25) is 125 Å². The van der Waals surface area contributed by atoms with Crippen LogP contribution < -0.4 is 146 Å². The number of carbonyl (C=O) groups excluding carboxylic acids is 23. The Bertz CT molecular complexity index is 4640. The van der Waals surface area contributed by atoms with Crippen LogP contribution in [0.1, 0.15) is 194 Å². The van der Waals surface area contributed by atoms with Crippen LogP contribution in [0.3, 0.4) is 0 Å². The maximum Gasteiger partial charge on any atom is 0.326 e. The molecule has 23 amide bonds. The summed E-state index contributed by atoms with van der Waals surface area (Å²) < 4.78 is 0. The fourth-order valence-electron chi connectivity index (χ4n) is 13.6. The Balaban J connectivity index is 6.25. The molecule has 0 bridgehead atoms. The molecule has 0 aliphatic heterocycles. The topological polar surface area (TPSA) is 998 Å². The van der Waals surface area contributed by atoms with E-state index in [1.807, 2.05) is 16.0 Å². The van der Waals surface area contributed by atoms with Crippen LogP contribution in [0.25, 0.3) is 0 Å². The number of primary amides is 3. The number of carbonyl (C=O) groups is 26. The maximum atomic E-state index is 14.2. The Morgan fingerprint density at radius 2 is 0.622 bits per heavy atom. The normalized spacial score (nSPS) is 15.4. The highest BCUT2D eigenvalue weighted by molar-refractivity contribution is 6.04. The maximum absolute atomic E-state index is 14.2. The van der Waals surface area contributed by atoms with Crippen molar-refractivity contribution < 1.29 is 155 Å². The van der Waals surface area contributed by atoms with Crippen LogP contribution in [-0.2, 0) is 125 Å². The third-order valence-electron chi connectivity index (χ3n) is 22.3. The molecule has 0 aromatic rings. The molecule has 0 aliphatic carbocycles. The molecule has 40 N–H and O–H groups in total. The number of aliphatic hydroxyl groups excluding tert-OH is 3. The van der Waals surface area contributed by atoms with Crippen LogP contribution in [0, 0.1) is 40.9 Å². The Labute approximate surface area is 853 Å². The van der Waals surface area contributed by atoms with E-state index in [1.165, 1.54) is 62.3 Å². The molecule has 0 saturated carbocycles. The zero-order chi connectivity index (χ0) is 114. The summed E-state index contributed by atoms with van der Waals surface area (Å²) in [5.41, 5.74) is 33.2. The number of aliphatic hydroxyl groups is 3. The van der Waals surface area contributed by atoms with E-state index in [-0.39, 0.29) is 44.2 Å². The van der Waals surface area contributed by atoms with E-state index < -0.39 is 369 Å². The quantitative estimate of drug-likeness (QED) is 0.0153. The first-order valence-corrected chi connectivity index (χ1v) is 47.7. The lowest BCUT2D eigenvalue weighted by molar-refractivity contribution is -0.143. The van der Waals surface area contributed by atoms with Gasteiger partial charge in [0.05, 0.1) is 64.1 Å². The molecule has 836 valence electrons. The van der Waals surface area contributed by atoms with Crippen LogP contribution in [0.5, 0.6) is 0 Å². The standard InChI is InChI=1S/C88H152N28O32/c1-17-41(12)67(115-74(134)47(22-18-19-25-89)103-72(132)46(90)21-20-26-96-88(94)95)86(146)116-68(45(16)119)81(141)98-33-60(124)111-63(37(4)5)82(142)101-43(14)70(130)99-42(13)69(129)97-32-59(123)102-54(34-117)79(139)100-44(15)71(131)105-51(30-61(125)126)76(136)110-55(35-118)80(140)106-52(31-62(127)128)78(138)113-66(40(10)11)85(145)114-65(39(8)9)84(144)108-50(29-58(93)122)77(137)112-64(38(6)7)83(143)107-49(28-57(92)121)75(135)104-48(23-24-56(91)120)73(133)109-53(87(147)148)27-36(2)3/h36-55,63-68,117-119H,17-35,89-90H2,1-16H3,(H2,91,120)(H2,92,121)(H2,93,122)(H,97,129)(H,98,141)(H,99,130)(H,100,139)(H,101,142)(H,102,123)(H,103,132)(H,104,135)(H,105,131)(H,106,140)(H,107,143)(H,108,144)(H,109,133)(H,110,136)(H,111,124)(H,112,137)(H,113,138)(H,114,145)(H,115,134)(H,116,146)(H,125,126)(H,127,128)(H,147,148)(H4,94,95,96)/t41-,42-,43-,44-,45+,46-,47-,48-,49-,50-,51-,52-,53-,54-,55-,63-,64-,65-,66-,67-,68-/m0/s1. The molecule has 0 unspecified atom stereocenters. The Kier molecular flexibility index (Phi) is 60.5. The molecule has 0 aromatic heterocycles. The second kappa shape index (κ2) is 67.1. The van der Waals surface area contributed by atoms with E-state index in [0.717, 1.165) is 20.8 Å².